The molecule has 0 fully saturated rings. The molecule has 0 bridgehead atoms. The molecule has 2 heterocycles. The third kappa shape index (κ3) is 2.08. The highest BCUT2D eigenvalue weighted by molar-refractivity contribution is 5.59. The molecule has 0 radical (unpaired) electrons. The van der Waals surface area contributed by atoms with Crippen LogP contribution in [0.4, 0.5) is 0 Å². The molecule has 1 aliphatic rings. The summed E-state index contributed by atoms with van der Waals surface area (Å²) in [4.78, 5) is 9.29. The van der Waals surface area contributed by atoms with Gasteiger partial charge in [-0.1, -0.05) is 0 Å². The lowest BCUT2D eigenvalue weighted by Gasteiger charge is -2.09. The Labute approximate surface area is 112 Å². The average Bonchev–Trinajstić information content (AvgIpc) is 2.87. The molecular weight excluding hydrogens is 238 g/mol. The summed E-state index contributed by atoms with van der Waals surface area (Å²) >= 11 is 0. The highest BCUT2D eigenvalue weighted by Crippen LogP contribution is 2.26. The molecular formula is C15H17N3O. The van der Waals surface area contributed by atoms with Gasteiger partial charge in [0.25, 0.3) is 0 Å². The van der Waals surface area contributed by atoms with Crippen molar-refractivity contribution in [1.29, 1.82) is 0 Å². The summed E-state index contributed by atoms with van der Waals surface area (Å²) < 4.78 is 5.28. The summed E-state index contributed by atoms with van der Waals surface area (Å²) in [7, 11) is 1.68. The first kappa shape index (κ1) is 12.1. The zero-order valence-corrected chi connectivity index (χ0v) is 11.4. The fourth-order valence-electron chi connectivity index (χ4n) is 2.48. The molecule has 0 unspecified atom stereocenters. The standard InChI is InChI=1S/C15H17N3O/c1-9-6-11(4-5-14(9)19-3)15-17-10(2)12-7-16-8-13(12)18-15/h4-6,16H,7-8H2,1-3H3. The van der Waals surface area contributed by atoms with Gasteiger partial charge in [0.15, 0.2) is 5.82 Å². The number of hydrogen-bond acceptors (Lipinski definition) is 4. The van der Waals surface area contributed by atoms with Crippen LogP contribution >= 0.6 is 0 Å². The number of aryl methyl sites for hydroxylation is 2. The van der Waals surface area contributed by atoms with Gasteiger partial charge >= 0.3 is 0 Å². The molecule has 3 rings (SSSR count). The quantitative estimate of drug-likeness (QED) is 0.895. The fraction of sp³-hybridized carbons (Fsp3) is 0.333. The average molecular weight is 255 g/mol. The van der Waals surface area contributed by atoms with E-state index in [9.17, 15) is 0 Å². The lowest BCUT2D eigenvalue weighted by atomic mass is 10.1. The maximum absolute atomic E-state index is 5.28. The number of fused-ring (bicyclic) bond motifs is 1. The van der Waals surface area contributed by atoms with Gasteiger partial charge in [-0.2, -0.15) is 0 Å². The van der Waals surface area contributed by atoms with E-state index in [-0.39, 0.29) is 0 Å². The lowest BCUT2D eigenvalue weighted by Crippen LogP contribution is -2.00. The number of hydrogen-bond donors (Lipinski definition) is 1. The van der Waals surface area contributed by atoms with Gasteiger partial charge in [0, 0.05) is 29.9 Å². The molecule has 19 heavy (non-hydrogen) atoms. The number of ether oxygens (including phenoxy) is 1. The molecule has 0 aliphatic carbocycles. The third-order valence-corrected chi connectivity index (χ3v) is 3.55. The summed E-state index contributed by atoms with van der Waals surface area (Å²) in [6, 6.07) is 6.05. The van der Waals surface area contributed by atoms with Crippen LogP contribution in [-0.2, 0) is 13.1 Å². The van der Waals surface area contributed by atoms with E-state index in [1.165, 1.54) is 5.56 Å². The van der Waals surface area contributed by atoms with E-state index >= 15 is 0 Å². The lowest BCUT2D eigenvalue weighted by molar-refractivity contribution is 0.412. The first-order valence-electron chi connectivity index (χ1n) is 6.41. The predicted octanol–water partition coefficient (Wildman–Crippen LogP) is 2.37. The highest BCUT2D eigenvalue weighted by atomic mass is 16.5. The van der Waals surface area contributed by atoms with Crippen molar-refractivity contribution in [3.05, 3.63) is 40.7 Å². The van der Waals surface area contributed by atoms with Crippen molar-refractivity contribution in [3.63, 3.8) is 0 Å². The Morgan fingerprint density at radius 2 is 2.00 bits per heavy atom. The number of rotatable bonds is 2. The number of nitrogens with one attached hydrogen (secondary N) is 1. The smallest absolute Gasteiger partial charge is 0.159 e. The Bertz CT molecular complexity index is 638. The van der Waals surface area contributed by atoms with Crippen LogP contribution < -0.4 is 10.1 Å². The van der Waals surface area contributed by atoms with Crippen LogP contribution in [0.25, 0.3) is 11.4 Å². The number of benzene rings is 1. The maximum Gasteiger partial charge on any atom is 0.159 e. The van der Waals surface area contributed by atoms with Gasteiger partial charge in [0.2, 0.25) is 0 Å². The zero-order valence-electron chi connectivity index (χ0n) is 11.4. The molecule has 1 N–H and O–H groups in total. The maximum atomic E-state index is 5.28. The van der Waals surface area contributed by atoms with Crippen LogP contribution in [0, 0.1) is 13.8 Å². The second-order valence-corrected chi connectivity index (χ2v) is 4.85. The molecule has 2 aromatic rings. The molecule has 1 aliphatic heterocycles. The summed E-state index contributed by atoms with van der Waals surface area (Å²) in [5.41, 5.74) is 5.57. The molecule has 0 spiro atoms. The number of aromatic nitrogens is 2. The van der Waals surface area contributed by atoms with Crippen LogP contribution in [0.5, 0.6) is 5.75 Å². The molecule has 4 nitrogen and oxygen atoms in total. The van der Waals surface area contributed by atoms with Crippen LogP contribution in [-0.4, -0.2) is 17.1 Å². The Morgan fingerprint density at radius 1 is 1.16 bits per heavy atom. The van der Waals surface area contributed by atoms with Gasteiger partial charge in [-0.05, 0) is 37.6 Å². The van der Waals surface area contributed by atoms with E-state index in [1.807, 2.05) is 26.0 Å². The topological polar surface area (TPSA) is 47.0 Å². The van der Waals surface area contributed by atoms with Gasteiger partial charge in [-0.3, -0.25) is 0 Å². The van der Waals surface area contributed by atoms with Crippen molar-refractivity contribution < 1.29 is 4.74 Å². The van der Waals surface area contributed by atoms with Gasteiger partial charge in [-0.15, -0.1) is 0 Å². The van der Waals surface area contributed by atoms with Crippen molar-refractivity contribution in [2.45, 2.75) is 26.9 Å². The molecule has 1 aromatic heterocycles. The van der Waals surface area contributed by atoms with E-state index in [2.05, 4.69) is 21.4 Å². The van der Waals surface area contributed by atoms with E-state index in [4.69, 9.17) is 4.74 Å². The molecule has 0 atom stereocenters. The highest BCUT2D eigenvalue weighted by Gasteiger charge is 2.17. The normalized spacial score (nSPS) is 13.4. The monoisotopic (exact) mass is 255 g/mol. The van der Waals surface area contributed by atoms with Crippen molar-refractivity contribution in [2.24, 2.45) is 0 Å². The van der Waals surface area contributed by atoms with Gasteiger partial charge in [-0.25, -0.2) is 9.97 Å². The van der Waals surface area contributed by atoms with Crippen molar-refractivity contribution >= 4 is 0 Å². The summed E-state index contributed by atoms with van der Waals surface area (Å²) in [6.07, 6.45) is 0. The minimum Gasteiger partial charge on any atom is -0.496 e. The Kier molecular flexibility index (Phi) is 2.95. The van der Waals surface area contributed by atoms with Gasteiger partial charge in [0.1, 0.15) is 5.75 Å². The van der Waals surface area contributed by atoms with Gasteiger partial charge < -0.3 is 10.1 Å². The predicted molar refractivity (Wildman–Crippen MR) is 74.0 cm³/mol. The number of methoxy groups -OCH3 is 1. The van der Waals surface area contributed by atoms with Crippen molar-refractivity contribution in [2.75, 3.05) is 7.11 Å². The van der Waals surface area contributed by atoms with Crippen LogP contribution in [0.3, 0.4) is 0 Å². The van der Waals surface area contributed by atoms with E-state index in [0.717, 1.165) is 47.2 Å². The Morgan fingerprint density at radius 3 is 2.74 bits per heavy atom. The SMILES string of the molecule is COc1ccc(-c2nc(C)c3c(n2)CNC3)cc1C. The number of nitrogens with zero attached hydrogens (tertiary/aromatic N) is 2. The Hall–Kier alpha value is -1.94. The van der Waals surface area contributed by atoms with Crippen molar-refractivity contribution in [1.82, 2.24) is 15.3 Å². The van der Waals surface area contributed by atoms with E-state index < -0.39 is 0 Å². The second kappa shape index (κ2) is 4.63. The van der Waals surface area contributed by atoms with Crippen LogP contribution in [0.2, 0.25) is 0 Å². The minimum atomic E-state index is 0.797. The van der Waals surface area contributed by atoms with Gasteiger partial charge in [0.05, 0.1) is 12.8 Å². The zero-order chi connectivity index (χ0) is 13.4. The first-order valence-corrected chi connectivity index (χ1v) is 6.41. The molecule has 1 aromatic carbocycles. The van der Waals surface area contributed by atoms with Crippen LogP contribution in [0.15, 0.2) is 18.2 Å². The Balaban J connectivity index is 2.07. The van der Waals surface area contributed by atoms with E-state index in [0.29, 0.717) is 0 Å². The summed E-state index contributed by atoms with van der Waals surface area (Å²) in [5, 5.41) is 3.31. The van der Waals surface area contributed by atoms with E-state index in [1.54, 1.807) is 7.11 Å². The minimum absolute atomic E-state index is 0.797. The van der Waals surface area contributed by atoms with Crippen LogP contribution in [0.1, 0.15) is 22.5 Å². The second-order valence-electron chi connectivity index (χ2n) is 4.85. The summed E-state index contributed by atoms with van der Waals surface area (Å²) in [6.45, 7) is 5.79. The molecule has 98 valence electrons. The summed E-state index contributed by atoms with van der Waals surface area (Å²) in [5.74, 6) is 1.69. The molecule has 0 saturated carbocycles. The van der Waals surface area contributed by atoms with Crippen molar-refractivity contribution in [3.8, 4) is 17.1 Å². The first-order chi connectivity index (χ1) is 9.19. The third-order valence-electron chi connectivity index (χ3n) is 3.55. The fourth-order valence-corrected chi connectivity index (χ4v) is 2.48. The largest absolute Gasteiger partial charge is 0.496 e. The molecule has 0 saturated heterocycles. The molecule has 0 amide bonds. The molecule has 4 heteroatoms.